The van der Waals surface area contributed by atoms with Gasteiger partial charge >= 0.3 is 0 Å². The molecular weight excluding hydrogens is 352 g/mol. The second kappa shape index (κ2) is 7.76. The van der Waals surface area contributed by atoms with Gasteiger partial charge in [0.2, 0.25) is 12.7 Å². The van der Waals surface area contributed by atoms with Gasteiger partial charge in [-0.1, -0.05) is 38.1 Å². The summed E-state index contributed by atoms with van der Waals surface area (Å²) in [4.78, 5) is 9.13. The van der Waals surface area contributed by atoms with Gasteiger partial charge < -0.3 is 20.1 Å². The predicted octanol–water partition coefficient (Wildman–Crippen LogP) is 4.99. The SMILES string of the molecule is Cc1cc(Nc2ccccc2C(C)C)nc(NCc2ccc3c(c2)OCO3)n1. The van der Waals surface area contributed by atoms with Gasteiger partial charge in [0.15, 0.2) is 11.5 Å². The second-order valence-electron chi connectivity index (χ2n) is 7.13. The Morgan fingerprint density at radius 1 is 1.00 bits per heavy atom. The molecule has 0 atom stereocenters. The molecule has 1 aliphatic rings. The molecule has 4 rings (SSSR count). The van der Waals surface area contributed by atoms with E-state index in [1.165, 1.54) is 5.56 Å². The number of rotatable bonds is 6. The van der Waals surface area contributed by atoms with Crippen LogP contribution in [-0.4, -0.2) is 16.8 Å². The highest BCUT2D eigenvalue weighted by Crippen LogP contribution is 2.32. The summed E-state index contributed by atoms with van der Waals surface area (Å²) in [5.74, 6) is 3.34. The van der Waals surface area contributed by atoms with Gasteiger partial charge in [0.1, 0.15) is 5.82 Å². The van der Waals surface area contributed by atoms with E-state index in [1.54, 1.807) is 0 Å². The Labute approximate surface area is 164 Å². The highest BCUT2D eigenvalue weighted by atomic mass is 16.7. The topological polar surface area (TPSA) is 68.3 Å². The van der Waals surface area contributed by atoms with Crippen molar-refractivity contribution in [3.8, 4) is 11.5 Å². The molecule has 3 aromatic rings. The van der Waals surface area contributed by atoms with Crippen LogP contribution < -0.4 is 20.1 Å². The Hall–Kier alpha value is -3.28. The van der Waals surface area contributed by atoms with E-state index in [4.69, 9.17) is 9.47 Å². The fraction of sp³-hybridized carbons (Fsp3) is 0.273. The quantitative estimate of drug-likeness (QED) is 0.631. The van der Waals surface area contributed by atoms with Crippen LogP contribution in [0.25, 0.3) is 0 Å². The van der Waals surface area contributed by atoms with Crippen LogP contribution in [0, 0.1) is 6.92 Å². The minimum Gasteiger partial charge on any atom is -0.454 e. The maximum Gasteiger partial charge on any atom is 0.231 e. The molecule has 1 aliphatic heterocycles. The van der Waals surface area contributed by atoms with E-state index in [0.717, 1.165) is 34.3 Å². The molecule has 6 heteroatoms. The van der Waals surface area contributed by atoms with Gasteiger partial charge in [-0.25, -0.2) is 4.98 Å². The number of hydrogen-bond donors (Lipinski definition) is 2. The van der Waals surface area contributed by atoms with Crippen molar-refractivity contribution in [3.63, 3.8) is 0 Å². The average Bonchev–Trinajstić information content (AvgIpc) is 3.14. The number of para-hydroxylation sites is 1. The number of fused-ring (bicyclic) bond motifs is 1. The summed E-state index contributed by atoms with van der Waals surface area (Å²) in [5.41, 5.74) is 4.30. The molecule has 0 saturated carbocycles. The highest BCUT2D eigenvalue weighted by molar-refractivity contribution is 5.62. The third-order valence-electron chi connectivity index (χ3n) is 4.59. The van der Waals surface area contributed by atoms with Crippen molar-refractivity contribution in [1.82, 2.24) is 9.97 Å². The third-order valence-corrected chi connectivity index (χ3v) is 4.59. The lowest BCUT2D eigenvalue weighted by molar-refractivity contribution is 0.174. The molecule has 0 fully saturated rings. The molecule has 144 valence electrons. The highest BCUT2D eigenvalue weighted by Gasteiger charge is 2.13. The monoisotopic (exact) mass is 376 g/mol. The van der Waals surface area contributed by atoms with Crippen molar-refractivity contribution in [3.05, 3.63) is 65.4 Å². The van der Waals surface area contributed by atoms with Crippen LogP contribution >= 0.6 is 0 Å². The Bertz CT molecular complexity index is 988. The number of anilines is 3. The third kappa shape index (κ3) is 4.01. The Morgan fingerprint density at radius 3 is 2.68 bits per heavy atom. The molecule has 0 unspecified atom stereocenters. The first-order chi connectivity index (χ1) is 13.6. The van der Waals surface area contributed by atoms with Crippen LogP contribution in [0.2, 0.25) is 0 Å². The van der Waals surface area contributed by atoms with E-state index >= 15 is 0 Å². The van der Waals surface area contributed by atoms with E-state index in [9.17, 15) is 0 Å². The van der Waals surface area contributed by atoms with Crippen molar-refractivity contribution in [1.29, 1.82) is 0 Å². The molecule has 0 radical (unpaired) electrons. The Kier molecular flexibility index (Phi) is 5.02. The summed E-state index contributed by atoms with van der Waals surface area (Å²) in [7, 11) is 0. The summed E-state index contributed by atoms with van der Waals surface area (Å²) in [6.07, 6.45) is 0. The molecule has 2 heterocycles. The van der Waals surface area contributed by atoms with Gasteiger partial charge in [-0.15, -0.1) is 0 Å². The van der Waals surface area contributed by atoms with E-state index < -0.39 is 0 Å². The molecule has 0 bridgehead atoms. The van der Waals surface area contributed by atoms with Crippen molar-refractivity contribution in [2.24, 2.45) is 0 Å². The van der Waals surface area contributed by atoms with Crippen LogP contribution in [0.1, 0.15) is 36.6 Å². The molecule has 6 nitrogen and oxygen atoms in total. The molecular formula is C22H24N4O2. The summed E-state index contributed by atoms with van der Waals surface area (Å²) in [6.45, 7) is 7.21. The Balaban J connectivity index is 1.50. The van der Waals surface area contributed by atoms with E-state index in [-0.39, 0.29) is 6.79 Å². The van der Waals surface area contributed by atoms with Crippen LogP contribution in [0.5, 0.6) is 11.5 Å². The van der Waals surface area contributed by atoms with E-state index in [1.807, 2.05) is 37.3 Å². The fourth-order valence-electron chi connectivity index (χ4n) is 3.20. The maximum absolute atomic E-state index is 5.43. The van der Waals surface area contributed by atoms with Crippen molar-refractivity contribution < 1.29 is 9.47 Å². The fourth-order valence-corrected chi connectivity index (χ4v) is 3.20. The predicted molar refractivity (Wildman–Crippen MR) is 110 cm³/mol. The number of aromatic nitrogens is 2. The van der Waals surface area contributed by atoms with E-state index in [0.29, 0.717) is 18.4 Å². The number of hydrogen-bond acceptors (Lipinski definition) is 6. The normalized spacial score (nSPS) is 12.3. The number of benzene rings is 2. The molecule has 1 aromatic heterocycles. The van der Waals surface area contributed by atoms with E-state index in [2.05, 4.69) is 52.6 Å². The smallest absolute Gasteiger partial charge is 0.231 e. The first-order valence-corrected chi connectivity index (χ1v) is 9.42. The lowest BCUT2D eigenvalue weighted by atomic mass is 10.0. The molecule has 0 spiro atoms. The van der Waals surface area contributed by atoms with Gasteiger partial charge in [-0.05, 0) is 42.2 Å². The summed E-state index contributed by atoms with van der Waals surface area (Å²) < 4.78 is 10.8. The molecule has 0 saturated heterocycles. The van der Waals surface area contributed by atoms with Gasteiger partial charge in [0.25, 0.3) is 0 Å². The standard InChI is InChI=1S/C22H24N4O2/c1-14(2)17-6-4-5-7-18(17)25-21-10-15(3)24-22(26-21)23-12-16-8-9-19-20(11-16)28-13-27-19/h4-11,14H,12-13H2,1-3H3,(H2,23,24,25,26). The van der Waals surface area contributed by atoms with Gasteiger partial charge in [0, 0.05) is 24.0 Å². The molecule has 2 N–H and O–H groups in total. The van der Waals surface area contributed by atoms with Gasteiger partial charge in [-0.3, -0.25) is 0 Å². The number of aryl methyl sites for hydroxylation is 1. The second-order valence-corrected chi connectivity index (χ2v) is 7.13. The Morgan fingerprint density at radius 2 is 1.82 bits per heavy atom. The lowest BCUT2D eigenvalue weighted by Gasteiger charge is -2.15. The summed E-state index contributed by atoms with van der Waals surface area (Å²) in [5, 5.41) is 6.74. The number of nitrogens with zero attached hydrogens (tertiary/aromatic N) is 2. The zero-order valence-electron chi connectivity index (χ0n) is 16.3. The minimum absolute atomic E-state index is 0.278. The number of nitrogens with one attached hydrogen (secondary N) is 2. The van der Waals surface area contributed by atoms with Crippen molar-refractivity contribution >= 4 is 17.5 Å². The molecule has 2 aromatic carbocycles. The first kappa shape index (κ1) is 18.1. The van der Waals surface area contributed by atoms with Crippen molar-refractivity contribution in [2.45, 2.75) is 33.2 Å². The molecule has 0 amide bonds. The van der Waals surface area contributed by atoms with Crippen LogP contribution in [0.3, 0.4) is 0 Å². The summed E-state index contributed by atoms with van der Waals surface area (Å²) >= 11 is 0. The van der Waals surface area contributed by atoms with Crippen molar-refractivity contribution in [2.75, 3.05) is 17.4 Å². The summed E-state index contributed by atoms with van der Waals surface area (Å²) in [6, 6.07) is 16.2. The zero-order valence-corrected chi connectivity index (χ0v) is 16.3. The molecule has 28 heavy (non-hydrogen) atoms. The maximum atomic E-state index is 5.43. The van der Waals surface area contributed by atoms with Crippen LogP contribution in [0.4, 0.5) is 17.5 Å². The largest absolute Gasteiger partial charge is 0.454 e. The minimum atomic E-state index is 0.278. The van der Waals surface area contributed by atoms with Gasteiger partial charge in [0.05, 0.1) is 0 Å². The van der Waals surface area contributed by atoms with Crippen LogP contribution in [-0.2, 0) is 6.54 Å². The average molecular weight is 376 g/mol. The van der Waals surface area contributed by atoms with Crippen LogP contribution in [0.15, 0.2) is 48.5 Å². The number of ether oxygens (including phenoxy) is 2. The van der Waals surface area contributed by atoms with Gasteiger partial charge in [-0.2, -0.15) is 4.98 Å². The zero-order chi connectivity index (χ0) is 19.5. The first-order valence-electron chi connectivity index (χ1n) is 9.42. The molecule has 0 aliphatic carbocycles. The lowest BCUT2D eigenvalue weighted by Crippen LogP contribution is -2.07.